The Bertz CT molecular complexity index is 840. The summed E-state index contributed by atoms with van der Waals surface area (Å²) >= 11 is 0. The number of Topliss-reactive ketones (excluding diaryl/α,β-unsaturated/α-hetero) is 2. The van der Waals surface area contributed by atoms with Crippen LogP contribution in [0, 0.1) is 10.8 Å². The fourth-order valence-corrected chi connectivity index (χ4v) is 5.40. The van der Waals surface area contributed by atoms with Gasteiger partial charge in [-0.2, -0.15) is 5.10 Å². The van der Waals surface area contributed by atoms with Gasteiger partial charge >= 0.3 is 0 Å². The summed E-state index contributed by atoms with van der Waals surface area (Å²) in [4.78, 5) is 38.2. The molecule has 0 radical (unpaired) electrons. The van der Waals surface area contributed by atoms with Crippen molar-refractivity contribution in [3.63, 3.8) is 0 Å². The van der Waals surface area contributed by atoms with E-state index < -0.39 is 29.5 Å². The number of carbonyl (C=O) groups is 3. The minimum atomic E-state index is -1.44. The van der Waals surface area contributed by atoms with Crippen LogP contribution in [0.15, 0.2) is 12.3 Å². The molecule has 1 aromatic rings. The van der Waals surface area contributed by atoms with Crippen molar-refractivity contribution in [1.29, 1.82) is 0 Å². The van der Waals surface area contributed by atoms with Crippen molar-refractivity contribution in [2.75, 3.05) is 0 Å². The Kier molecular flexibility index (Phi) is 7.53. The third kappa shape index (κ3) is 5.63. The van der Waals surface area contributed by atoms with E-state index in [2.05, 4.69) is 17.3 Å². The molecule has 0 aliphatic heterocycles. The van der Waals surface area contributed by atoms with Gasteiger partial charge in [0, 0.05) is 31.5 Å². The van der Waals surface area contributed by atoms with E-state index in [-0.39, 0.29) is 49.2 Å². The normalized spacial score (nSPS) is 26.2. The van der Waals surface area contributed by atoms with Crippen LogP contribution in [0.25, 0.3) is 0 Å². The fourth-order valence-electron chi connectivity index (χ4n) is 5.40. The standard InChI is InChI=1S/C24H36FN3O4/c1-4-21(31)26-18(14-23(2)8-5-6-9-23)20(30)15-24(12-16(25)13-24)22(32)19(29)11-17-7-10-28(3)27-17/h7,10,16,18,22,32H,4-6,8-9,11-15H2,1-3H3,(H,26,31)/t16?,18-,22?,24?/m0/s1. The number of nitrogens with zero attached hydrogens (tertiary/aromatic N) is 2. The first-order chi connectivity index (χ1) is 15.1. The summed E-state index contributed by atoms with van der Waals surface area (Å²) in [5.41, 5.74) is -0.616. The number of aliphatic hydroxyl groups excluding tert-OH is 1. The Labute approximate surface area is 189 Å². The predicted octanol–water partition coefficient (Wildman–Crippen LogP) is 2.84. The number of aliphatic hydroxyl groups is 1. The molecule has 0 aromatic carbocycles. The zero-order valence-electron chi connectivity index (χ0n) is 19.4. The molecule has 1 unspecified atom stereocenters. The van der Waals surface area contributed by atoms with E-state index in [1.165, 1.54) is 0 Å². The minimum Gasteiger partial charge on any atom is -0.385 e. The van der Waals surface area contributed by atoms with Gasteiger partial charge < -0.3 is 10.4 Å². The highest BCUT2D eigenvalue weighted by molar-refractivity contribution is 5.91. The average molecular weight is 450 g/mol. The number of halogens is 1. The monoisotopic (exact) mass is 449 g/mol. The minimum absolute atomic E-state index is 0.0236. The first kappa shape index (κ1) is 24.6. The SMILES string of the molecule is CCC(=O)N[C@@H](CC1(C)CCCC1)C(=O)CC1(C(O)C(=O)Cc2ccn(C)n2)CC(F)C1. The number of hydrogen-bond donors (Lipinski definition) is 2. The van der Waals surface area contributed by atoms with Gasteiger partial charge in [-0.15, -0.1) is 0 Å². The van der Waals surface area contributed by atoms with Crippen LogP contribution >= 0.6 is 0 Å². The Morgan fingerprint density at radius 3 is 2.47 bits per heavy atom. The quantitative estimate of drug-likeness (QED) is 0.541. The Hall–Kier alpha value is -2.09. The van der Waals surface area contributed by atoms with E-state index in [0.717, 1.165) is 25.7 Å². The van der Waals surface area contributed by atoms with Crippen LogP contribution in [0.1, 0.15) is 77.3 Å². The second kappa shape index (κ2) is 9.81. The van der Waals surface area contributed by atoms with Gasteiger partial charge in [0.1, 0.15) is 12.3 Å². The number of rotatable bonds is 11. The lowest BCUT2D eigenvalue weighted by atomic mass is 9.59. The van der Waals surface area contributed by atoms with Gasteiger partial charge in [-0.05, 0) is 43.6 Å². The van der Waals surface area contributed by atoms with Crippen molar-refractivity contribution in [1.82, 2.24) is 15.1 Å². The topological polar surface area (TPSA) is 101 Å². The summed E-state index contributed by atoms with van der Waals surface area (Å²) in [7, 11) is 1.74. The van der Waals surface area contributed by atoms with Crippen LogP contribution in [-0.2, 0) is 27.9 Å². The molecule has 32 heavy (non-hydrogen) atoms. The summed E-state index contributed by atoms with van der Waals surface area (Å²) < 4.78 is 15.5. The molecule has 1 heterocycles. The van der Waals surface area contributed by atoms with E-state index in [9.17, 15) is 23.9 Å². The van der Waals surface area contributed by atoms with E-state index >= 15 is 0 Å². The number of carbonyl (C=O) groups excluding carboxylic acids is 3. The maximum Gasteiger partial charge on any atom is 0.220 e. The van der Waals surface area contributed by atoms with Gasteiger partial charge in [-0.1, -0.05) is 26.7 Å². The van der Waals surface area contributed by atoms with Crippen LogP contribution in [0.2, 0.25) is 0 Å². The first-order valence-electron chi connectivity index (χ1n) is 11.7. The number of aryl methyl sites for hydroxylation is 1. The van der Waals surface area contributed by atoms with Crippen molar-refractivity contribution in [2.45, 2.75) is 96.4 Å². The van der Waals surface area contributed by atoms with Crippen LogP contribution in [0.3, 0.4) is 0 Å². The third-order valence-corrected chi connectivity index (χ3v) is 7.34. The molecule has 2 fully saturated rings. The number of amides is 1. The van der Waals surface area contributed by atoms with Crippen molar-refractivity contribution in [3.05, 3.63) is 18.0 Å². The molecule has 178 valence electrons. The predicted molar refractivity (Wildman–Crippen MR) is 118 cm³/mol. The lowest BCUT2D eigenvalue weighted by Gasteiger charge is -2.47. The van der Waals surface area contributed by atoms with E-state index in [4.69, 9.17) is 0 Å². The molecule has 1 aromatic heterocycles. The van der Waals surface area contributed by atoms with E-state index in [0.29, 0.717) is 12.1 Å². The largest absolute Gasteiger partial charge is 0.385 e. The summed E-state index contributed by atoms with van der Waals surface area (Å²) in [6.45, 7) is 3.87. The summed E-state index contributed by atoms with van der Waals surface area (Å²) in [6.07, 6.45) is 3.90. The second-order valence-electron chi connectivity index (χ2n) is 10.2. The number of ketones is 2. The second-order valence-corrected chi connectivity index (χ2v) is 10.2. The number of alkyl halides is 1. The summed E-state index contributed by atoms with van der Waals surface area (Å²) in [6, 6.07) is 1.01. The van der Waals surface area contributed by atoms with Gasteiger partial charge in [0.05, 0.1) is 18.2 Å². The molecule has 7 nitrogen and oxygen atoms in total. The zero-order chi connectivity index (χ0) is 23.5. The van der Waals surface area contributed by atoms with Crippen molar-refractivity contribution >= 4 is 17.5 Å². The molecule has 8 heteroatoms. The number of hydrogen-bond acceptors (Lipinski definition) is 5. The highest BCUT2D eigenvalue weighted by Crippen LogP contribution is 2.50. The average Bonchev–Trinajstić information content (AvgIpc) is 3.33. The van der Waals surface area contributed by atoms with Crippen molar-refractivity contribution in [2.24, 2.45) is 17.9 Å². The Morgan fingerprint density at radius 2 is 1.94 bits per heavy atom. The zero-order valence-corrected chi connectivity index (χ0v) is 19.4. The van der Waals surface area contributed by atoms with Crippen molar-refractivity contribution < 1.29 is 23.9 Å². The lowest BCUT2D eigenvalue weighted by Crippen LogP contribution is -2.54. The smallest absolute Gasteiger partial charge is 0.220 e. The van der Waals surface area contributed by atoms with Gasteiger partial charge in [0.15, 0.2) is 11.6 Å². The fraction of sp³-hybridized carbons (Fsp3) is 0.750. The molecule has 0 saturated heterocycles. The van der Waals surface area contributed by atoms with Gasteiger partial charge in [-0.25, -0.2) is 4.39 Å². The van der Waals surface area contributed by atoms with Gasteiger partial charge in [0.2, 0.25) is 5.91 Å². The molecule has 3 rings (SSSR count). The third-order valence-electron chi connectivity index (χ3n) is 7.34. The molecule has 1 amide bonds. The highest BCUT2D eigenvalue weighted by Gasteiger charge is 2.54. The molecular weight excluding hydrogens is 413 g/mol. The molecule has 0 spiro atoms. The molecule has 2 aliphatic carbocycles. The van der Waals surface area contributed by atoms with E-state index in [1.807, 2.05) is 0 Å². The molecule has 0 bridgehead atoms. The maximum atomic E-state index is 14.0. The molecular formula is C24H36FN3O4. The Balaban J connectivity index is 1.73. The van der Waals surface area contributed by atoms with Crippen LogP contribution in [-0.4, -0.2) is 50.7 Å². The molecule has 2 N–H and O–H groups in total. The van der Waals surface area contributed by atoms with Gasteiger partial charge in [0.25, 0.3) is 0 Å². The maximum absolute atomic E-state index is 14.0. The highest BCUT2D eigenvalue weighted by atomic mass is 19.1. The lowest BCUT2D eigenvalue weighted by molar-refractivity contribution is -0.150. The van der Waals surface area contributed by atoms with E-state index in [1.54, 1.807) is 30.9 Å². The van der Waals surface area contributed by atoms with Gasteiger partial charge in [-0.3, -0.25) is 19.1 Å². The number of nitrogens with one attached hydrogen (secondary N) is 1. The summed E-state index contributed by atoms with van der Waals surface area (Å²) in [5, 5.41) is 17.9. The molecule has 2 aliphatic rings. The first-order valence-corrected chi connectivity index (χ1v) is 11.7. The van der Waals surface area contributed by atoms with Crippen LogP contribution in [0.4, 0.5) is 4.39 Å². The van der Waals surface area contributed by atoms with Crippen LogP contribution in [0.5, 0.6) is 0 Å². The van der Waals surface area contributed by atoms with Crippen molar-refractivity contribution in [3.8, 4) is 0 Å². The van der Waals surface area contributed by atoms with Crippen LogP contribution < -0.4 is 5.32 Å². The summed E-state index contributed by atoms with van der Waals surface area (Å²) in [5.74, 6) is -0.889. The Morgan fingerprint density at radius 1 is 1.28 bits per heavy atom. The number of aromatic nitrogens is 2. The molecule has 2 saturated carbocycles. The molecule has 2 atom stereocenters.